The second kappa shape index (κ2) is 7.55. The molecule has 8 heteroatoms. The number of ether oxygens (including phenoxy) is 1. The number of hydrogen-bond donors (Lipinski definition) is 2. The first kappa shape index (κ1) is 19.3. The Morgan fingerprint density at radius 1 is 0.903 bits per heavy atom. The van der Waals surface area contributed by atoms with E-state index >= 15 is 0 Å². The molecule has 5 rings (SSSR count). The topological polar surface area (TPSA) is 90.5 Å². The van der Waals surface area contributed by atoms with Crippen LogP contribution in [0.15, 0.2) is 53.1 Å². The van der Waals surface area contributed by atoms with Crippen molar-refractivity contribution in [3.8, 4) is 22.4 Å². The number of halogens is 2. The standard InChI is InChI=1S/C23H20F2N4O2/c24-17-6-3-14(11-18(17)25)16-12-28-21(22-19(16)20(26)23(27)31-22)13-1-4-15(5-2-13)29-7-9-30-10-8-29/h1-6,11-12H,7-10,26-27H2. The summed E-state index contributed by atoms with van der Waals surface area (Å²) in [6.07, 6.45) is 1.57. The van der Waals surface area contributed by atoms with E-state index in [9.17, 15) is 8.78 Å². The number of nitrogens with two attached hydrogens (primary N) is 2. The van der Waals surface area contributed by atoms with E-state index < -0.39 is 11.6 Å². The van der Waals surface area contributed by atoms with Crippen LogP contribution in [-0.2, 0) is 4.74 Å². The molecule has 1 saturated heterocycles. The van der Waals surface area contributed by atoms with E-state index in [0.717, 1.165) is 36.5 Å². The number of rotatable bonds is 3. The molecule has 0 bridgehead atoms. The number of nitrogens with zero attached hydrogens (tertiary/aromatic N) is 2. The van der Waals surface area contributed by atoms with Gasteiger partial charge < -0.3 is 25.5 Å². The Morgan fingerprint density at radius 3 is 2.32 bits per heavy atom. The third-order valence-corrected chi connectivity index (χ3v) is 5.53. The van der Waals surface area contributed by atoms with Gasteiger partial charge in [0.1, 0.15) is 11.4 Å². The van der Waals surface area contributed by atoms with Crippen molar-refractivity contribution in [2.24, 2.45) is 0 Å². The highest BCUT2D eigenvalue weighted by molar-refractivity contribution is 6.09. The summed E-state index contributed by atoms with van der Waals surface area (Å²) in [5.74, 6) is -1.83. The van der Waals surface area contributed by atoms with Gasteiger partial charge in [-0.25, -0.2) is 8.78 Å². The molecule has 1 aliphatic rings. The zero-order chi connectivity index (χ0) is 21.5. The van der Waals surface area contributed by atoms with E-state index in [2.05, 4.69) is 9.88 Å². The molecule has 0 atom stereocenters. The second-order valence-corrected chi connectivity index (χ2v) is 7.38. The summed E-state index contributed by atoms with van der Waals surface area (Å²) in [6.45, 7) is 3.10. The molecule has 6 nitrogen and oxygen atoms in total. The van der Waals surface area contributed by atoms with Crippen LogP contribution in [-0.4, -0.2) is 31.3 Å². The molecule has 2 aromatic carbocycles. The molecular weight excluding hydrogens is 402 g/mol. The maximum absolute atomic E-state index is 13.8. The van der Waals surface area contributed by atoms with Gasteiger partial charge in [-0.1, -0.05) is 18.2 Å². The van der Waals surface area contributed by atoms with Crippen molar-refractivity contribution >= 4 is 28.2 Å². The molecule has 0 spiro atoms. The van der Waals surface area contributed by atoms with Crippen molar-refractivity contribution in [1.82, 2.24) is 4.98 Å². The van der Waals surface area contributed by atoms with Gasteiger partial charge in [-0.05, 0) is 29.8 Å². The van der Waals surface area contributed by atoms with Crippen LogP contribution >= 0.6 is 0 Å². The maximum Gasteiger partial charge on any atom is 0.215 e. The molecule has 158 valence electrons. The van der Waals surface area contributed by atoms with Crippen LogP contribution in [0.1, 0.15) is 0 Å². The largest absolute Gasteiger partial charge is 0.436 e. The summed E-state index contributed by atoms with van der Waals surface area (Å²) in [5.41, 5.74) is 16.2. The monoisotopic (exact) mass is 422 g/mol. The molecule has 2 aromatic heterocycles. The summed E-state index contributed by atoms with van der Waals surface area (Å²) < 4.78 is 38.4. The Morgan fingerprint density at radius 2 is 1.61 bits per heavy atom. The molecule has 3 heterocycles. The van der Waals surface area contributed by atoms with E-state index in [1.165, 1.54) is 6.07 Å². The van der Waals surface area contributed by atoms with Gasteiger partial charge in [0.2, 0.25) is 5.88 Å². The number of fused-ring (bicyclic) bond motifs is 1. The smallest absolute Gasteiger partial charge is 0.215 e. The Kier molecular flexibility index (Phi) is 4.71. The third-order valence-electron chi connectivity index (χ3n) is 5.53. The van der Waals surface area contributed by atoms with Crippen LogP contribution in [0.4, 0.5) is 26.0 Å². The van der Waals surface area contributed by atoms with Gasteiger partial charge >= 0.3 is 0 Å². The number of furan rings is 1. The molecule has 1 aliphatic heterocycles. The molecule has 0 radical (unpaired) electrons. The first-order valence-corrected chi connectivity index (χ1v) is 9.88. The predicted molar refractivity (Wildman–Crippen MR) is 117 cm³/mol. The van der Waals surface area contributed by atoms with E-state index in [4.69, 9.17) is 20.6 Å². The lowest BCUT2D eigenvalue weighted by Gasteiger charge is -2.28. The van der Waals surface area contributed by atoms with Crippen molar-refractivity contribution < 1.29 is 17.9 Å². The van der Waals surface area contributed by atoms with Crippen molar-refractivity contribution in [3.63, 3.8) is 0 Å². The lowest BCUT2D eigenvalue weighted by molar-refractivity contribution is 0.122. The van der Waals surface area contributed by atoms with Crippen molar-refractivity contribution in [1.29, 1.82) is 0 Å². The van der Waals surface area contributed by atoms with Gasteiger partial charge in [0.05, 0.1) is 18.6 Å². The van der Waals surface area contributed by atoms with Crippen LogP contribution in [0.25, 0.3) is 33.4 Å². The summed E-state index contributed by atoms with van der Waals surface area (Å²) in [5, 5.41) is 0.519. The zero-order valence-electron chi connectivity index (χ0n) is 16.6. The number of aromatic nitrogens is 1. The lowest BCUT2D eigenvalue weighted by Crippen LogP contribution is -2.36. The highest BCUT2D eigenvalue weighted by Crippen LogP contribution is 2.42. The van der Waals surface area contributed by atoms with Crippen LogP contribution in [0.2, 0.25) is 0 Å². The Bertz CT molecular complexity index is 1270. The molecule has 1 fully saturated rings. The fourth-order valence-corrected chi connectivity index (χ4v) is 3.89. The van der Waals surface area contributed by atoms with Gasteiger partial charge in [-0.15, -0.1) is 0 Å². The van der Waals surface area contributed by atoms with E-state index in [1.54, 1.807) is 6.20 Å². The van der Waals surface area contributed by atoms with Crippen LogP contribution in [0.3, 0.4) is 0 Å². The molecule has 4 N–H and O–H groups in total. The lowest BCUT2D eigenvalue weighted by atomic mass is 10.00. The summed E-state index contributed by atoms with van der Waals surface area (Å²) in [7, 11) is 0. The fourth-order valence-electron chi connectivity index (χ4n) is 3.89. The first-order chi connectivity index (χ1) is 15.0. The normalized spacial score (nSPS) is 14.3. The minimum Gasteiger partial charge on any atom is -0.436 e. The van der Waals surface area contributed by atoms with E-state index in [0.29, 0.717) is 41.0 Å². The quantitative estimate of drug-likeness (QED) is 0.507. The molecule has 0 amide bonds. The highest BCUT2D eigenvalue weighted by Gasteiger charge is 2.21. The minimum atomic E-state index is -0.955. The molecule has 0 unspecified atom stereocenters. The first-order valence-electron chi connectivity index (χ1n) is 9.88. The summed E-state index contributed by atoms with van der Waals surface area (Å²) >= 11 is 0. The minimum absolute atomic E-state index is 0.0537. The molecular formula is C23H20F2N4O2. The number of morpholine rings is 1. The summed E-state index contributed by atoms with van der Waals surface area (Å²) in [6, 6.07) is 11.6. The average molecular weight is 422 g/mol. The van der Waals surface area contributed by atoms with Crippen LogP contribution in [0, 0.1) is 11.6 Å². The second-order valence-electron chi connectivity index (χ2n) is 7.38. The average Bonchev–Trinajstić information content (AvgIpc) is 3.10. The SMILES string of the molecule is Nc1oc2c(-c3ccc(N4CCOCC4)cc3)ncc(-c3ccc(F)c(F)c3)c2c1N. The number of hydrogen-bond acceptors (Lipinski definition) is 6. The van der Waals surface area contributed by atoms with Gasteiger partial charge in [-0.2, -0.15) is 0 Å². The molecule has 31 heavy (non-hydrogen) atoms. The fraction of sp³-hybridized carbons (Fsp3) is 0.174. The van der Waals surface area contributed by atoms with Crippen molar-refractivity contribution in [3.05, 3.63) is 60.3 Å². The highest BCUT2D eigenvalue weighted by atomic mass is 19.2. The Balaban J connectivity index is 1.60. The number of benzene rings is 2. The van der Waals surface area contributed by atoms with Gasteiger partial charge in [0, 0.05) is 36.1 Å². The van der Waals surface area contributed by atoms with E-state index in [1.807, 2.05) is 24.3 Å². The van der Waals surface area contributed by atoms with Gasteiger partial charge in [-0.3, -0.25) is 4.98 Å². The summed E-state index contributed by atoms with van der Waals surface area (Å²) in [4.78, 5) is 6.80. The Labute approximate surface area is 177 Å². The number of pyridine rings is 1. The number of nitrogen functional groups attached to an aromatic ring is 2. The van der Waals surface area contributed by atoms with Gasteiger partial charge in [0.25, 0.3) is 0 Å². The van der Waals surface area contributed by atoms with Crippen molar-refractivity contribution in [2.75, 3.05) is 42.7 Å². The maximum atomic E-state index is 13.8. The zero-order valence-corrected chi connectivity index (χ0v) is 16.6. The third kappa shape index (κ3) is 3.34. The molecule has 0 aliphatic carbocycles. The predicted octanol–water partition coefficient (Wildman–Crippen LogP) is 4.44. The van der Waals surface area contributed by atoms with Crippen LogP contribution in [0.5, 0.6) is 0 Å². The Hall–Kier alpha value is -3.65. The van der Waals surface area contributed by atoms with E-state index in [-0.39, 0.29) is 11.6 Å². The number of anilines is 3. The van der Waals surface area contributed by atoms with Crippen molar-refractivity contribution in [2.45, 2.75) is 0 Å². The van der Waals surface area contributed by atoms with Crippen LogP contribution < -0.4 is 16.4 Å². The van der Waals surface area contributed by atoms with Gasteiger partial charge in [0.15, 0.2) is 17.2 Å². The molecule has 4 aromatic rings. The molecule has 0 saturated carbocycles.